The Morgan fingerprint density at radius 3 is 3.00 bits per heavy atom. The highest BCUT2D eigenvalue weighted by Crippen LogP contribution is 2.25. The van der Waals surface area contributed by atoms with Crippen molar-refractivity contribution in [2.75, 3.05) is 0 Å². The SMILES string of the molecule is CCCn1cc(Oc2ccc(CN)cc2C#N)cn1. The number of aromatic nitrogens is 2. The molecule has 0 saturated heterocycles. The Morgan fingerprint density at radius 1 is 1.47 bits per heavy atom. The van der Waals surface area contributed by atoms with Crippen molar-refractivity contribution in [1.82, 2.24) is 9.78 Å². The number of hydrogen-bond acceptors (Lipinski definition) is 4. The second kappa shape index (κ2) is 6.03. The van der Waals surface area contributed by atoms with Gasteiger partial charge < -0.3 is 10.5 Å². The Balaban J connectivity index is 2.20. The predicted molar refractivity (Wildman–Crippen MR) is 71.6 cm³/mol. The molecule has 5 heteroatoms. The van der Waals surface area contributed by atoms with Gasteiger partial charge in [0.15, 0.2) is 5.75 Å². The molecule has 0 aliphatic carbocycles. The van der Waals surface area contributed by atoms with Gasteiger partial charge in [0.1, 0.15) is 11.8 Å². The minimum absolute atomic E-state index is 0.406. The Hall–Kier alpha value is -2.32. The molecule has 0 atom stereocenters. The fourth-order valence-corrected chi connectivity index (χ4v) is 1.76. The van der Waals surface area contributed by atoms with Crippen molar-refractivity contribution in [3.63, 3.8) is 0 Å². The van der Waals surface area contributed by atoms with E-state index in [1.165, 1.54) is 0 Å². The number of nitriles is 1. The van der Waals surface area contributed by atoms with E-state index < -0.39 is 0 Å². The van der Waals surface area contributed by atoms with Gasteiger partial charge in [-0.05, 0) is 24.1 Å². The third-order valence-electron chi connectivity index (χ3n) is 2.69. The summed E-state index contributed by atoms with van der Waals surface area (Å²) in [5, 5.41) is 13.3. The third kappa shape index (κ3) is 3.12. The van der Waals surface area contributed by atoms with Crippen LogP contribution in [0.4, 0.5) is 0 Å². The molecule has 0 bridgehead atoms. The van der Waals surface area contributed by atoms with Crippen molar-refractivity contribution in [2.24, 2.45) is 5.73 Å². The molecule has 2 rings (SSSR count). The van der Waals surface area contributed by atoms with Crippen molar-refractivity contribution in [3.8, 4) is 17.6 Å². The van der Waals surface area contributed by atoms with Crippen LogP contribution < -0.4 is 10.5 Å². The van der Waals surface area contributed by atoms with Crippen molar-refractivity contribution >= 4 is 0 Å². The highest BCUT2D eigenvalue weighted by molar-refractivity contribution is 5.47. The summed E-state index contributed by atoms with van der Waals surface area (Å²) in [4.78, 5) is 0. The van der Waals surface area contributed by atoms with E-state index in [9.17, 15) is 0 Å². The van der Waals surface area contributed by atoms with Crippen molar-refractivity contribution in [3.05, 3.63) is 41.7 Å². The fraction of sp³-hybridized carbons (Fsp3) is 0.286. The zero-order valence-corrected chi connectivity index (χ0v) is 10.8. The Bertz CT molecular complexity index is 598. The van der Waals surface area contributed by atoms with Gasteiger partial charge in [0.25, 0.3) is 0 Å². The van der Waals surface area contributed by atoms with Gasteiger partial charge in [-0.15, -0.1) is 0 Å². The van der Waals surface area contributed by atoms with Crippen molar-refractivity contribution in [1.29, 1.82) is 5.26 Å². The Kier molecular flexibility index (Phi) is 4.16. The molecule has 0 aliphatic heterocycles. The number of aryl methyl sites for hydroxylation is 1. The van der Waals surface area contributed by atoms with E-state index in [1.807, 2.05) is 16.9 Å². The van der Waals surface area contributed by atoms with E-state index in [0.717, 1.165) is 18.5 Å². The zero-order chi connectivity index (χ0) is 13.7. The average molecular weight is 256 g/mol. The molecule has 5 nitrogen and oxygen atoms in total. The van der Waals surface area contributed by atoms with Crippen LogP contribution in [0.2, 0.25) is 0 Å². The van der Waals surface area contributed by atoms with Crippen LogP contribution in [0.25, 0.3) is 0 Å². The summed E-state index contributed by atoms with van der Waals surface area (Å²) in [6, 6.07) is 7.47. The first-order chi connectivity index (χ1) is 9.26. The van der Waals surface area contributed by atoms with Crippen LogP contribution in [0, 0.1) is 11.3 Å². The number of ether oxygens (including phenoxy) is 1. The van der Waals surface area contributed by atoms with E-state index in [0.29, 0.717) is 23.6 Å². The first-order valence-electron chi connectivity index (χ1n) is 6.20. The van der Waals surface area contributed by atoms with Crippen LogP contribution in [0.1, 0.15) is 24.5 Å². The molecule has 0 spiro atoms. The molecule has 0 fully saturated rings. The summed E-state index contributed by atoms with van der Waals surface area (Å²) in [5.74, 6) is 1.15. The van der Waals surface area contributed by atoms with Crippen LogP contribution in [-0.4, -0.2) is 9.78 Å². The molecule has 2 N–H and O–H groups in total. The summed E-state index contributed by atoms with van der Waals surface area (Å²) >= 11 is 0. The van der Waals surface area contributed by atoms with Gasteiger partial charge in [-0.1, -0.05) is 13.0 Å². The van der Waals surface area contributed by atoms with Crippen LogP contribution in [0.5, 0.6) is 11.5 Å². The highest BCUT2D eigenvalue weighted by atomic mass is 16.5. The Morgan fingerprint density at radius 2 is 2.32 bits per heavy atom. The Labute approximate surface area is 112 Å². The lowest BCUT2D eigenvalue weighted by molar-refractivity contribution is 0.479. The van der Waals surface area contributed by atoms with Gasteiger partial charge >= 0.3 is 0 Å². The standard InChI is InChI=1S/C14H16N4O/c1-2-5-18-10-13(9-17-18)19-14-4-3-11(7-15)6-12(14)8-16/h3-4,6,9-10H,2,5,7,15H2,1H3. The molecule has 0 aliphatic rings. The summed E-state index contributed by atoms with van der Waals surface area (Å²) in [5.41, 5.74) is 6.94. The highest BCUT2D eigenvalue weighted by Gasteiger charge is 2.07. The maximum Gasteiger partial charge on any atom is 0.165 e. The molecule has 0 amide bonds. The molecule has 19 heavy (non-hydrogen) atoms. The van der Waals surface area contributed by atoms with Crippen LogP contribution in [0.15, 0.2) is 30.6 Å². The maximum atomic E-state index is 9.11. The second-order valence-electron chi connectivity index (χ2n) is 4.19. The van der Waals surface area contributed by atoms with Gasteiger partial charge in [-0.3, -0.25) is 4.68 Å². The average Bonchev–Trinajstić information content (AvgIpc) is 2.87. The van der Waals surface area contributed by atoms with Crippen LogP contribution >= 0.6 is 0 Å². The molecule has 1 heterocycles. The maximum absolute atomic E-state index is 9.11. The normalized spacial score (nSPS) is 10.2. The van der Waals surface area contributed by atoms with Gasteiger partial charge in [0.05, 0.1) is 18.0 Å². The topological polar surface area (TPSA) is 76.9 Å². The summed E-state index contributed by atoms with van der Waals surface area (Å²) in [7, 11) is 0. The van der Waals surface area contributed by atoms with E-state index >= 15 is 0 Å². The molecule has 0 radical (unpaired) electrons. The quantitative estimate of drug-likeness (QED) is 0.891. The van der Waals surface area contributed by atoms with Crippen molar-refractivity contribution < 1.29 is 4.74 Å². The lowest BCUT2D eigenvalue weighted by Gasteiger charge is -2.06. The van der Waals surface area contributed by atoms with E-state index in [1.54, 1.807) is 18.3 Å². The minimum atomic E-state index is 0.406. The largest absolute Gasteiger partial charge is 0.453 e. The zero-order valence-electron chi connectivity index (χ0n) is 10.8. The van der Waals surface area contributed by atoms with E-state index in [4.69, 9.17) is 15.7 Å². The molecule has 2 aromatic rings. The van der Waals surface area contributed by atoms with E-state index in [2.05, 4.69) is 18.1 Å². The van der Waals surface area contributed by atoms with Crippen LogP contribution in [0.3, 0.4) is 0 Å². The van der Waals surface area contributed by atoms with Gasteiger partial charge in [0, 0.05) is 13.1 Å². The number of benzene rings is 1. The summed E-state index contributed by atoms with van der Waals surface area (Å²) in [6.45, 7) is 3.34. The van der Waals surface area contributed by atoms with Gasteiger partial charge in [-0.25, -0.2) is 0 Å². The van der Waals surface area contributed by atoms with Gasteiger partial charge in [-0.2, -0.15) is 10.4 Å². The summed E-state index contributed by atoms with van der Waals surface area (Å²) in [6.07, 6.45) is 4.48. The smallest absolute Gasteiger partial charge is 0.165 e. The first-order valence-corrected chi connectivity index (χ1v) is 6.20. The molecule has 98 valence electrons. The molecular weight excluding hydrogens is 240 g/mol. The monoisotopic (exact) mass is 256 g/mol. The minimum Gasteiger partial charge on any atom is -0.453 e. The number of rotatable bonds is 5. The summed E-state index contributed by atoms with van der Waals surface area (Å²) < 4.78 is 7.50. The molecular formula is C14H16N4O. The second-order valence-corrected chi connectivity index (χ2v) is 4.19. The van der Waals surface area contributed by atoms with Gasteiger partial charge in [0.2, 0.25) is 0 Å². The predicted octanol–water partition coefficient (Wildman–Crippen LogP) is 2.42. The third-order valence-corrected chi connectivity index (χ3v) is 2.69. The fourth-order valence-electron chi connectivity index (χ4n) is 1.76. The number of nitrogens with two attached hydrogens (primary N) is 1. The molecule has 0 saturated carbocycles. The van der Waals surface area contributed by atoms with Crippen LogP contribution in [-0.2, 0) is 13.1 Å². The van der Waals surface area contributed by atoms with E-state index in [-0.39, 0.29) is 0 Å². The molecule has 1 aromatic heterocycles. The van der Waals surface area contributed by atoms with Crippen molar-refractivity contribution in [2.45, 2.75) is 26.4 Å². The number of hydrogen-bond donors (Lipinski definition) is 1. The molecule has 1 aromatic carbocycles. The number of nitrogens with zero attached hydrogens (tertiary/aromatic N) is 3. The first kappa shape index (κ1) is 13.1. The lowest BCUT2D eigenvalue weighted by atomic mass is 10.1. The molecule has 0 unspecified atom stereocenters. The lowest BCUT2D eigenvalue weighted by Crippen LogP contribution is -1.97.